The number of halogens is 5. The molecule has 0 bridgehead atoms. The summed E-state index contributed by atoms with van der Waals surface area (Å²) in [6.45, 7) is 1.58. The average molecular weight is 549 g/mol. The van der Waals surface area contributed by atoms with Crippen LogP contribution in [0.4, 0.5) is 18.9 Å². The monoisotopic (exact) mass is 548 g/mol. The van der Waals surface area contributed by atoms with Gasteiger partial charge in [0.25, 0.3) is 11.8 Å². The van der Waals surface area contributed by atoms with E-state index in [-0.39, 0.29) is 22.0 Å². The van der Waals surface area contributed by atoms with Gasteiger partial charge in [-0.2, -0.15) is 23.0 Å². The van der Waals surface area contributed by atoms with Gasteiger partial charge in [-0.3, -0.25) is 9.59 Å². The van der Waals surface area contributed by atoms with Gasteiger partial charge in [-0.1, -0.05) is 29.3 Å². The summed E-state index contributed by atoms with van der Waals surface area (Å²) in [5, 5.41) is 9.66. The zero-order valence-electron chi connectivity index (χ0n) is 18.9. The molecule has 0 fully saturated rings. The molecule has 0 aliphatic rings. The van der Waals surface area contributed by atoms with E-state index in [1.165, 1.54) is 29.3 Å². The van der Waals surface area contributed by atoms with Crippen molar-refractivity contribution in [1.29, 1.82) is 0 Å². The van der Waals surface area contributed by atoms with Crippen LogP contribution in [0, 0.1) is 0 Å². The second-order valence-electron chi connectivity index (χ2n) is 7.82. The Morgan fingerprint density at radius 1 is 0.946 bits per heavy atom. The van der Waals surface area contributed by atoms with Gasteiger partial charge >= 0.3 is 6.18 Å². The highest BCUT2D eigenvalue weighted by atomic mass is 35.5. The summed E-state index contributed by atoms with van der Waals surface area (Å²) in [6.07, 6.45) is -2.08. The van der Waals surface area contributed by atoms with Gasteiger partial charge in [-0.25, -0.2) is 9.97 Å². The zero-order valence-corrected chi connectivity index (χ0v) is 20.4. The molecular formula is C24H17Cl2F3N6O2. The van der Waals surface area contributed by atoms with Crippen LogP contribution in [-0.2, 0) is 6.18 Å². The highest BCUT2D eigenvalue weighted by Gasteiger charge is 2.32. The van der Waals surface area contributed by atoms with Gasteiger partial charge < -0.3 is 10.6 Å². The lowest BCUT2D eigenvalue weighted by Gasteiger charge is -2.15. The first-order chi connectivity index (χ1) is 17.5. The number of carbonyl (C=O) groups excluding carboxylic acids is 2. The largest absolute Gasteiger partial charge is 0.416 e. The van der Waals surface area contributed by atoms with Crippen molar-refractivity contribution < 1.29 is 22.8 Å². The van der Waals surface area contributed by atoms with Gasteiger partial charge in [-0.15, -0.1) is 0 Å². The molecule has 2 amide bonds. The Morgan fingerprint density at radius 3 is 2.41 bits per heavy atom. The quantitative estimate of drug-likeness (QED) is 0.320. The van der Waals surface area contributed by atoms with Crippen LogP contribution < -0.4 is 10.6 Å². The lowest BCUT2D eigenvalue weighted by atomic mass is 10.1. The van der Waals surface area contributed by atoms with Crippen LogP contribution in [0.1, 0.15) is 45.1 Å². The third-order valence-corrected chi connectivity index (χ3v) is 5.56. The maximum atomic E-state index is 13.1. The molecule has 2 aromatic heterocycles. The van der Waals surface area contributed by atoms with Gasteiger partial charge in [-0.05, 0) is 55.5 Å². The summed E-state index contributed by atoms with van der Waals surface area (Å²) in [5.74, 6) is -0.623. The van der Waals surface area contributed by atoms with Gasteiger partial charge in [0.05, 0.1) is 17.2 Å². The Labute approximate surface area is 218 Å². The summed E-state index contributed by atoms with van der Waals surface area (Å²) >= 11 is 11.7. The van der Waals surface area contributed by atoms with E-state index in [4.69, 9.17) is 23.2 Å². The molecule has 0 radical (unpaired) electrons. The number of rotatable bonds is 6. The van der Waals surface area contributed by atoms with Crippen molar-refractivity contribution in [2.24, 2.45) is 0 Å². The average Bonchev–Trinajstić information content (AvgIpc) is 3.33. The third-order valence-electron chi connectivity index (χ3n) is 5.11. The van der Waals surface area contributed by atoms with Crippen LogP contribution in [0.2, 0.25) is 10.0 Å². The van der Waals surface area contributed by atoms with Gasteiger partial charge in [0.2, 0.25) is 0 Å². The lowest BCUT2D eigenvalue weighted by molar-refractivity contribution is -0.137. The molecule has 2 N–H and O–H groups in total. The third kappa shape index (κ3) is 6.25. The summed E-state index contributed by atoms with van der Waals surface area (Å²) < 4.78 is 40.6. The molecule has 13 heteroatoms. The van der Waals surface area contributed by atoms with Gasteiger partial charge in [0.1, 0.15) is 6.33 Å². The summed E-state index contributed by atoms with van der Waals surface area (Å²) in [5.41, 5.74) is -0.504. The summed E-state index contributed by atoms with van der Waals surface area (Å²) in [7, 11) is 0. The van der Waals surface area contributed by atoms with E-state index < -0.39 is 29.6 Å². The molecule has 8 nitrogen and oxygen atoms in total. The summed E-state index contributed by atoms with van der Waals surface area (Å²) in [6, 6.07) is 11.6. The van der Waals surface area contributed by atoms with E-state index in [0.717, 1.165) is 12.1 Å². The minimum atomic E-state index is -4.66. The second-order valence-corrected chi connectivity index (χ2v) is 8.69. The van der Waals surface area contributed by atoms with E-state index in [0.29, 0.717) is 22.6 Å². The topological polar surface area (TPSA) is 102 Å². The SMILES string of the molecule is C[C@H](NC(=O)c1cc(Cl)cc(C(F)(F)F)c1)c1ncnn1-c1ccc(C(=O)Nc2cccc(Cl)c2)cn1. The molecule has 0 aliphatic heterocycles. The standard InChI is InChI=1S/C24H17Cl2F3N6O2/c1-13(33-23(37)15-7-16(24(27,28)29)9-18(26)8-15)21-31-12-32-35(21)20-6-5-14(11-30-20)22(36)34-19-4-2-3-17(25)10-19/h2-13H,1H3,(H,33,37)(H,34,36)/t13-/m0/s1. The van der Waals surface area contributed by atoms with Crippen molar-refractivity contribution in [3.63, 3.8) is 0 Å². The molecule has 37 heavy (non-hydrogen) atoms. The highest BCUT2D eigenvalue weighted by molar-refractivity contribution is 6.31. The molecule has 0 aliphatic carbocycles. The first-order valence-electron chi connectivity index (χ1n) is 10.6. The first kappa shape index (κ1) is 26.1. The van der Waals surface area contributed by atoms with Crippen molar-refractivity contribution in [2.75, 3.05) is 5.32 Å². The first-order valence-corrected chi connectivity index (χ1v) is 11.4. The maximum Gasteiger partial charge on any atom is 0.416 e. The van der Waals surface area contributed by atoms with Crippen LogP contribution in [0.15, 0.2) is 67.1 Å². The second kappa shape index (κ2) is 10.6. The molecule has 2 heterocycles. The Kier molecular flexibility index (Phi) is 7.46. The number of carbonyl (C=O) groups is 2. The fraction of sp³-hybridized carbons (Fsp3) is 0.125. The molecule has 190 valence electrons. The van der Waals surface area contributed by atoms with Crippen LogP contribution in [-0.4, -0.2) is 31.6 Å². The molecule has 4 aromatic rings. The molecule has 0 saturated heterocycles. The van der Waals surface area contributed by atoms with Gasteiger partial charge in [0.15, 0.2) is 11.6 Å². The van der Waals surface area contributed by atoms with E-state index >= 15 is 0 Å². The van der Waals surface area contributed by atoms with Crippen LogP contribution in [0.5, 0.6) is 0 Å². The number of alkyl halides is 3. The molecule has 0 spiro atoms. The number of nitrogens with one attached hydrogen (secondary N) is 2. The minimum absolute atomic E-state index is 0.223. The van der Waals surface area contributed by atoms with E-state index in [1.807, 2.05) is 0 Å². The normalized spacial score (nSPS) is 12.2. The smallest absolute Gasteiger partial charge is 0.342 e. The van der Waals surface area contributed by atoms with Crippen molar-refractivity contribution >= 4 is 40.7 Å². The molecule has 0 unspecified atom stereocenters. The number of pyridine rings is 1. The number of hydrogen-bond acceptors (Lipinski definition) is 5. The molecule has 2 aromatic carbocycles. The van der Waals surface area contributed by atoms with Crippen LogP contribution in [0.3, 0.4) is 0 Å². The molecule has 0 saturated carbocycles. The number of amides is 2. The predicted octanol–water partition coefficient (Wildman–Crippen LogP) is 5.73. The fourth-order valence-electron chi connectivity index (χ4n) is 3.37. The van der Waals surface area contributed by atoms with E-state index in [1.54, 1.807) is 31.2 Å². The Bertz CT molecular complexity index is 1460. The Hall–Kier alpha value is -3.96. The molecule has 4 rings (SSSR count). The minimum Gasteiger partial charge on any atom is -0.342 e. The Balaban J connectivity index is 1.49. The van der Waals surface area contributed by atoms with Crippen LogP contribution >= 0.6 is 23.2 Å². The summed E-state index contributed by atoms with van der Waals surface area (Å²) in [4.78, 5) is 33.6. The number of anilines is 1. The van der Waals surface area contributed by atoms with Crippen LogP contribution in [0.25, 0.3) is 5.82 Å². The zero-order chi connectivity index (χ0) is 26.7. The highest BCUT2D eigenvalue weighted by Crippen LogP contribution is 2.32. The molecular weight excluding hydrogens is 532 g/mol. The maximum absolute atomic E-state index is 13.1. The number of benzene rings is 2. The predicted molar refractivity (Wildman–Crippen MR) is 131 cm³/mol. The molecule has 1 atom stereocenters. The van der Waals surface area contributed by atoms with E-state index in [2.05, 4.69) is 25.7 Å². The van der Waals surface area contributed by atoms with E-state index in [9.17, 15) is 22.8 Å². The number of nitrogens with zero attached hydrogens (tertiary/aromatic N) is 4. The van der Waals surface area contributed by atoms with Gasteiger partial charge in [0, 0.05) is 27.5 Å². The lowest BCUT2D eigenvalue weighted by Crippen LogP contribution is -2.29. The van der Waals surface area contributed by atoms with Crippen molar-refractivity contribution in [3.8, 4) is 5.82 Å². The number of aromatic nitrogens is 4. The Morgan fingerprint density at radius 2 is 1.73 bits per heavy atom. The fourth-order valence-corrected chi connectivity index (χ4v) is 3.79. The number of hydrogen-bond donors (Lipinski definition) is 2. The van der Waals surface area contributed by atoms with Crippen molar-refractivity contribution in [3.05, 3.63) is 99.7 Å². The van der Waals surface area contributed by atoms with Crippen molar-refractivity contribution in [1.82, 2.24) is 25.1 Å². The van der Waals surface area contributed by atoms with Crippen molar-refractivity contribution in [2.45, 2.75) is 19.1 Å².